The maximum absolute atomic E-state index is 14.1. The van der Waals surface area contributed by atoms with Crippen LogP contribution in [0, 0.1) is 0 Å². The quantitative estimate of drug-likeness (QED) is 0.00879. The summed E-state index contributed by atoms with van der Waals surface area (Å²) in [5.74, 6) is -3.17. The Morgan fingerprint density at radius 2 is 1.35 bits per heavy atom. The van der Waals surface area contributed by atoms with Crippen LogP contribution in [0.2, 0.25) is 0 Å². The van der Waals surface area contributed by atoms with Gasteiger partial charge in [0.1, 0.15) is 53.7 Å². The van der Waals surface area contributed by atoms with E-state index < -0.39 is 95.7 Å². The number of allylic oxidation sites excluding steroid dienone is 1. The minimum absolute atomic E-state index is 0.0715. The number of nitrogens with zero attached hydrogens (tertiary/aromatic N) is 1. The average molecular weight is 1150 g/mol. The highest BCUT2D eigenvalue weighted by atomic mass is 16.7. The van der Waals surface area contributed by atoms with Crippen molar-refractivity contribution in [3.05, 3.63) is 147 Å². The van der Waals surface area contributed by atoms with Crippen LogP contribution in [0.5, 0.6) is 28.7 Å². The number of amides is 1. The molecule has 84 heavy (non-hydrogen) atoms. The summed E-state index contributed by atoms with van der Waals surface area (Å²) >= 11 is 0. The molecule has 0 saturated carbocycles. The number of phenolic OH excluding ortho intramolecular Hbond substituents is 2. The number of methoxy groups -OCH3 is 1. The van der Waals surface area contributed by atoms with Gasteiger partial charge in [-0.15, -0.1) is 0 Å². The smallest absolute Gasteiger partial charge is 0.311 e. The van der Waals surface area contributed by atoms with Gasteiger partial charge in [-0.05, 0) is 98.4 Å². The van der Waals surface area contributed by atoms with Crippen LogP contribution in [-0.2, 0) is 30.3 Å². The van der Waals surface area contributed by atoms with Crippen LogP contribution >= 0.6 is 0 Å². The fraction of sp³-hybridized carbons (Fsp3) is 0.448. The van der Waals surface area contributed by atoms with Gasteiger partial charge in [0, 0.05) is 55.3 Å². The van der Waals surface area contributed by atoms with Gasteiger partial charge in [0.2, 0.25) is 11.7 Å². The normalized spacial score (nSPS) is 20.3. The Bertz CT molecular complexity index is 3160. The van der Waals surface area contributed by atoms with E-state index in [4.69, 9.17) is 23.7 Å². The predicted molar refractivity (Wildman–Crippen MR) is 316 cm³/mol. The lowest BCUT2D eigenvalue weighted by Gasteiger charge is -2.43. The number of rotatable bonds is 28. The van der Waals surface area contributed by atoms with E-state index in [1.807, 2.05) is 56.6 Å². The number of nitrogens with one attached hydrogen (secondary N) is 1. The number of Topliss-reactive ketones (excluding diaryl/α,β-unsaturated/α-hetero) is 1. The van der Waals surface area contributed by atoms with Crippen molar-refractivity contribution in [2.75, 3.05) is 41.0 Å². The summed E-state index contributed by atoms with van der Waals surface area (Å²) in [7, 11) is 5.36. The number of ketones is 3. The van der Waals surface area contributed by atoms with Crippen molar-refractivity contribution in [3.8, 4) is 28.7 Å². The number of benzene rings is 5. The van der Waals surface area contributed by atoms with Crippen LogP contribution in [0.1, 0.15) is 176 Å². The standard InChI is InChI=1S/C67H80N2O15/c1-6-47(42-21-16-15-17-22-42)57(43-27-31-45(32-28-43)81-36-35-69(3)4)44-29-33-46(34-30-44)83-55(73)26-19-14-12-10-8-7-9-11-13-18-25-54(72)68-50-37-56(82-41(2)62(50)74)84-52-39-67(79,53(71)40-70)38-49-59(52)66(78)61-60(64(49)76)63(75)48-23-20-24-51(80-5)58(48)65(61)77/h15-17,20-24,27-34,41,50,52,56,62,70,74,76,78-79H,6-14,18-19,25-26,35-40H2,1-5H3,(H,68,72)/b57-47+/t41-,50+,52?,56?,62-,67+/m1/s1. The number of likely N-dealkylation sites (N-methyl/N-ethyl adjacent to an activating group) is 1. The van der Waals surface area contributed by atoms with Crippen molar-refractivity contribution < 1.29 is 73.2 Å². The Kier molecular flexibility index (Phi) is 21.7. The summed E-state index contributed by atoms with van der Waals surface area (Å²) in [6, 6.07) is 29.9. The zero-order chi connectivity index (χ0) is 60.1. The fourth-order valence-corrected chi connectivity index (χ4v) is 11.7. The monoisotopic (exact) mass is 1150 g/mol. The lowest BCUT2D eigenvalue weighted by molar-refractivity contribution is -0.249. The topological polar surface area (TPSA) is 248 Å². The van der Waals surface area contributed by atoms with Crippen molar-refractivity contribution in [2.24, 2.45) is 0 Å². The van der Waals surface area contributed by atoms with Crippen molar-refractivity contribution in [1.82, 2.24) is 10.2 Å². The van der Waals surface area contributed by atoms with Crippen LogP contribution in [0.4, 0.5) is 0 Å². The predicted octanol–water partition coefficient (Wildman–Crippen LogP) is 9.76. The molecule has 0 radical (unpaired) electrons. The van der Waals surface area contributed by atoms with E-state index in [9.17, 15) is 49.5 Å². The summed E-state index contributed by atoms with van der Waals surface area (Å²) in [6.07, 6.45) is 4.83. The Morgan fingerprint density at radius 3 is 1.95 bits per heavy atom. The van der Waals surface area contributed by atoms with Crippen molar-refractivity contribution >= 4 is 40.4 Å². The highest BCUT2D eigenvalue weighted by molar-refractivity contribution is 6.31. The summed E-state index contributed by atoms with van der Waals surface area (Å²) < 4.78 is 29.4. The van der Waals surface area contributed by atoms with E-state index in [2.05, 4.69) is 53.5 Å². The number of aliphatic hydroxyl groups is 3. The maximum Gasteiger partial charge on any atom is 0.311 e. The van der Waals surface area contributed by atoms with Gasteiger partial charge in [-0.2, -0.15) is 0 Å². The third-order valence-electron chi connectivity index (χ3n) is 16.2. The minimum Gasteiger partial charge on any atom is -0.507 e. The SMILES string of the molecule is CC/C(=C(/c1ccc(OCCN(C)C)cc1)c1ccc(OC(=O)CCCCCCCCCCCCC(=O)N[C@H]2CC(OC3C[C@](O)(C(=O)CO)Cc4c(O)c5c(c(O)c43)C(=O)c3c(OC)cccc3C5=O)O[C@H](C)[C@H]2O)cc1)c1ccccc1. The second-order valence-electron chi connectivity index (χ2n) is 22.5. The van der Waals surface area contributed by atoms with Crippen LogP contribution in [0.3, 0.4) is 0 Å². The number of fused-ring (bicyclic) bond motifs is 3. The van der Waals surface area contributed by atoms with E-state index in [-0.39, 0.29) is 52.7 Å². The van der Waals surface area contributed by atoms with Crippen LogP contribution in [-0.4, -0.2) is 131 Å². The molecule has 448 valence electrons. The zero-order valence-corrected chi connectivity index (χ0v) is 48.8. The highest BCUT2D eigenvalue weighted by Crippen LogP contribution is 2.53. The fourth-order valence-electron chi connectivity index (χ4n) is 11.7. The molecule has 0 spiro atoms. The second-order valence-corrected chi connectivity index (χ2v) is 22.5. The lowest BCUT2D eigenvalue weighted by Crippen LogP contribution is -2.55. The molecule has 1 amide bonds. The molecule has 2 aliphatic carbocycles. The number of ether oxygens (including phenoxy) is 5. The van der Waals surface area contributed by atoms with Gasteiger partial charge >= 0.3 is 5.97 Å². The van der Waals surface area contributed by atoms with Crippen molar-refractivity contribution in [2.45, 2.75) is 153 Å². The first kappa shape index (κ1) is 62.8. The van der Waals surface area contributed by atoms with E-state index in [1.54, 1.807) is 6.92 Å². The number of hydrogen-bond acceptors (Lipinski definition) is 16. The number of esters is 1. The summed E-state index contributed by atoms with van der Waals surface area (Å²) in [4.78, 5) is 69.2. The van der Waals surface area contributed by atoms with E-state index >= 15 is 0 Å². The third-order valence-corrected chi connectivity index (χ3v) is 16.2. The zero-order valence-electron chi connectivity index (χ0n) is 48.8. The number of aliphatic hydroxyl groups excluding tert-OH is 2. The molecular weight excluding hydrogens is 1070 g/mol. The number of carbonyl (C=O) groups is 5. The van der Waals surface area contributed by atoms with Gasteiger partial charge < -0.3 is 59.4 Å². The molecule has 17 nitrogen and oxygen atoms in total. The van der Waals surface area contributed by atoms with Gasteiger partial charge in [0.05, 0.1) is 42.0 Å². The third kappa shape index (κ3) is 14.8. The summed E-state index contributed by atoms with van der Waals surface area (Å²) in [6.45, 7) is 4.11. The molecule has 1 saturated heterocycles. The molecule has 6 N–H and O–H groups in total. The van der Waals surface area contributed by atoms with E-state index in [0.717, 1.165) is 98.8 Å². The summed E-state index contributed by atoms with van der Waals surface area (Å²) in [5, 5.41) is 59.1. The first-order chi connectivity index (χ1) is 40.5. The molecule has 1 heterocycles. The maximum atomic E-state index is 14.1. The first-order valence-electron chi connectivity index (χ1n) is 29.5. The molecule has 17 heteroatoms. The van der Waals surface area contributed by atoms with Crippen molar-refractivity contribution in [1.29, 1.82) is 0 Å². The molecule has 8 rings (SSSR count). The minimum atomic E-state index is -2.33. The molecule has 0 bridgehead atoms. The second kappa shape index (κ2) is 29.0. The molecule has 2 unspecified atom stereocenters. The summed E-state index contributed by atoms with van der Waals surface area (Å²) in [5.41, 5.74) is 1.65. The van der Waals surface area contributed by atoms with Crippen LogP contribution < -0.4 is 19.5 Å². The highest BCUT2D eigenvalue weighted by Gasteiger charge is 2.50. The molecule has 3 aliphatic rings. The molecule has 1 aliphatic heterocycles. The molecule has 6 atom stereocenters. The number of carbonyl (C=O) groups excluding carboxylic acids is 5. The van der Waals surface area contributed by atoms with Gasteiger partial charge in [0.25, 0.3) is 0 Å². The van der Waals surface area contributed by atoms with E-state index in [1.165, 1.54) is 30.9 Å². The molecule has 5 aromatic rings. The van der Waals surface area contributed by atoms with Crippen molar-refractivity contribution in [3.63, 3.8) is 0 Å². The average Bonchev–Trinajstić information content (AvgIpc) is 0.927. The van der Waals surface area contributed by atoms with Gasteiger partial charge in [-0.3, -0.25) is 24.0 Å². The number of unbranched alkanes of at least 4 members (excludes halogenated alkanes) is 9. The van der Waals surface area contributed by atoms with Gasteiger partial charge in [-0.1, -0.05) is 125 Å². The Balaban J connectivity index is 0.749. The number of hydrogen-bond donors (Lipinski definition) is 6. The molecule has 5 aromatic carbocycles. The van der Waals surface area contributed by atoms with Gasteiger partial charge in [-0.25, -0.2) is 0 Å². The Hall–Kier alpha value is -7.25. The first-order valence-corrected chi connectivity index (χ1v) is 29.5. The Morgan fingerprint density at radius 1 is 0.738 bits per heavy atom. The van der Waals surface area contributed by atoms with E-state index in [0.29, 0.717) is 25.2 Å². The number of aromatic hydroxyl groups is 2. The Labute approximate surface area is 491 Å². The number of phenols is 2. The lowest BCUT2D eigenvalue weighted by atomic mass is 9.72. The van der Waals surface area contributed by atoms with Gasteiger partial charge in [0.15, 0.2) is 17.9 Å². The molecule has 0 aromatic heterocycles. The van der Waals surface area contributed by atoms with Crippen LogP contribution in [0.15, 0.2) is 97.1 Å². The molecule has 1 fully saturated rings. The largest absolute Gasteiger partial charge is 0.507 e. The van der Waals surface area contributed by atoms with Crippen LogP contribution in [0.25, 0.3) is 11.1 Å². The molecular formula is C67H80N2O15.